The Morgan fingerprint density at radius 3 is 2.59 bits per heavy atom. The van der Waals surface area contributed by atoms with Crippen LogP contribution in [0.3, 0.4) is 0 Å². The van der Waals surface area contributed by atoms with E-state index >= 15 is 0 Å². The van der Waals surface area contributed by atoms with Crippen LogP contribution in [0.1, 0.15) is 32.1 Å². The molecule has 8 nitrogen and oxygen atoms in total. The number of hydrogen-bond donors (Lipinski definition) is 1. The maximum atomic E-state index is 11.0. The molecule has 2 aliphatic rings. The lowest BCUT2D eigenvalue weighted by atomic mass is 9.64. The number of non-ortho nitro benzene ring substituents is 1. The molecule has 2 unspecified atom stereocenters. The molecule has 2 aliphatic carbocycles. The summed E-state index contributed by atoms with van der Waals surface area (Å²) in [5, 5.41) is 26.0. The van der Waals surface area contributed by atoms with Crippen molar-refractivity contribution < 1.29 is 9.85 Å². The van der Waals surface area contributed by atoms with Crippen molar-refractivity contribution in [3.8, 4) is 0 Å². The molecule has 0 aliphatic heterocycles. The predicted octanol–water partition coefficient (Wildman–Crippen LogP) is 3.48. The zero-order chi connectivity index (χ0) is 15.7. The van der Waals surface area contributed by atoms with Crippen LogP contribution in [0.25, 0.3) is 0 Å². The third-order valence-corrected chi connectivity index (χ3v) is 4.52. The summed E-state index contributed by atoms with van der Waals surface area (Å²) in [6.07, 6.45) is 5.79. The zero-order valence-corrected chi connectivity index (χ0v) is 11.9. The predicted molar refractivity (Wildman–Crippen MR) is 80.9 cm³/mol. The Labute approximate surface area is 126 Å². The molecule has 2 saturated carbocycles. The molecule has 1 N–H and O–H groups in total. The van der Waals surface area contributed by atoms with E-state index < -0.39 is 9.85 Å². The molecule has 0 heterocycles. The first-order valence-electron chi connectivity index (χ1n) is 7.31. The molecule has 116 valence electrons. The first-order valence-corrected chi connectivity index (χ1v) is 7.31. The third kappa shape index (κ3) is 2.63. The van der Waals surface area contributed by atoms with Gasteiger partial charge in [-0.3, -0.25) is 25.7 Å². The fraction of sp³-hybridized carbons (Fsp3) is 0.500. The molecule has 8 heteroatoms. The van der Waals surface area contributed by atoms with Crippen LogP contribution in [0.15, 0.2) is 23.3 Å². The third-order valence-electron chi connectivity index (χ3n) is 4.52. The van der Waals surface area contributed by atoms with Crippen molar-refractivity contribution in [1.29, 1.82) is 0 Å². The van der Waals surface area contributed by atoms with E-state index in [2.05, 4.69) is 10.5 Å². The molecule has 0 radical (unpaired) electrons. The van der Waals surface area contributed by atoms with E-state index in [1.807, 2.05) is 0 Å². The second-order valence-corrected chi connectivity index (χ2v) is 5.79. The van der Waals surface area contributed by atoms with Gasteiger partial charge in [0.25, 0.3) is 5.69 Å². The molecule has 0 bridgehead atoms. The summed E-state index contributed by atoms with van der Waals surface area (Å²) in [7, 11) is 0. The van der Waals surface area contributed by atoms with Gasteiger partial charge in [-0.05, 0) is 31.2 Å². The highest BCUT2D eigenvalue weighted by atomic mass is 16.6. The summed E-state index contributed by atoms with van der Waals surface area (Å²) < 4.78 is 0. The first-order chi connectivity index (χ1) is 10.6. The summed E-state index contributed by atoms with van der Waals surface area (Å²) >= 11 is 0. The lowest BCUT2D eigenvalue weighted by Crippen LogP contribution is -2.39. The Kier molecular flexibility index (Phi) is 3.74. The molecule has 0 saturated heterocycles. The Bertz CT molecular complexity index is 658. The SMILES string of the molecule is O=[N+]([O-])c1ccc(N/N=C2\CC3CCCCC23)c([N+](=O)[O-])c1. The number of rotatable bonds is 4. The average molecular weight is 304 g/mol. The number of nitrogens with one attached hydrogen (secondary N) is 1. The van der Waals surface area contributed by atoms with E-state index in [9.17, 15) is 20.2 Å². The topological polar surface area (TPSA) is 111 Å². The zero-order valence-electron chi connectivity index (χ0n) is 11.9. The van der Waals surface area contributed by atoms with Crippen LogP contribution in [0.5, 0.6) is 0 Å². The van der Waals surface area contributed by atoms with E-state index in [1.54, 1.807) is 0 Å². The summed E-state index contributed by atoms with van der Waals surface area (Å²) in [5.41, 5.74) is 3.32. The number of hydrazone groups is 1. The highest BCUT2D eigenvalue weighted by molar-refractivity contribution is 5.93. The lowest BCUT2D eigenvalue weighted by molar-refractivity contribution is -0.393. The van der Waals surface area contributed by atoms with Gasteiger partial charge in [0.15, 0.2) is 0 Å². The van der Waals surface area contributed by atoms with Gasteiger partial charge in [-0.25, -0.2) is 0 Å². The normalized spacial score (nSPS) is 25.2. The summed E-state index contributed by atoms with van der Waals surface area (Å²) in [4.78, 5) is 20.5. The fourth-order valence-electron chi connectivity index (χ4n) is 3.29. The van der Waals surface area contributed by atoms with Gasteiger partial charge in [0.05, 0.1) is 15.9 Å². The number of anilines is 1. The molecular weight excluding hydrogens is 288 g/mol. The van der Waals surface area contributed by atoms with Gasteiger partial charge in [-0.15, -0.1) is 0 Å². The number of nitro benzene ring substituents is 2. The van der Waals surface area contributed by atoms with Gasteiger partial charge in [0.1, 0.15) is 5.69 Å². The van der Waals surface area contributed by atoms with Crippen molar-refractivity contribution in [1.82, 2.24) is 0 Å². The van der Waals surface area contributed by atoms with Crippen LogP contribution < -0.4 is 5.43 Å². The Morgan fingerprint density at radius 2 is 1.91 bits per heavy atom. The highest BCUT2D eigenvalue weighted by Crippen LogP contribution is 2.43. The Morgan fingerprint density at radius 1 is 1.14 bits per heavy atom. The van der Waals surface area contributed by atoms with E-state index in [0.717, 1.165) is 24.6 Å². The summed E-state index contributed by atoms with van der Waals surface area (Å²) in [6.45, 7) is 0. The van der Waals surface area contributed by atoms with Gasteiger partial charge < -0.3 is 0 Å². The van der Waals surface area contributed by atoms with E-state index in [-0.39, 0.29) is 17.1 Å². The van der Waals surface area contributed by atoms with Crippen LogP contribution >= 0.6 is 0 Å². The standard InChI is InChI=1S/C14H16N4O4/c19-17(20)10-5-6-12(14(8-10)18(21)22)15-16-13-7-9-3-1-2-4-11(9)13/h5-6,8-9,11,15H,1-4,7H2/b16-13+. The Balaban J connectivity index is 1.77. The minimum atomic E-state index is -0.652. The van der Waals surface area contributed by atoms with Crippen molar-refractivity contribution in [2.45, 2.75) is 32.1 Å². The molecule has 0 amide bonds. The molecular formula is C14H16N4O4. The smallest absolute Gasteiger partial charge is 0.272 e. The average Bonchev–Trinajstić information content (AvgIpc) is 2.48. The largest absolute Gasteiger partial charge is 0.301 e. The maximum Gasteiger partial charge on any atom is 0.301 e. The number of benzene rings is 1. The second-order valence-electron chi connectivity index (χ2n) is 5.79. The Hall–Kier alpha value is -2.51. The minimum absolute atomic E-state index is 0.183. The van der Waals surface area contributed by atoms with Gasteiger partial charge in [-0.2, -0.15) is 5.10 Å². The molecule has 1 aromatic carbocycles. The van der Waals surface area contributed by atoms with Crippen molar-refractivity contribution in [2.24, 2.45) is 16.9 Å². The number of nitro groups is 2. The molecule has 22 heavy (non-hydrogen) atoms. The molecule has 0 spiro atoms. The van der Waals surface area contributed by atoms with Crippen molar-refractivity contribution in [3.05, 3.63) is 38.4 Å². The van der Waals surface area contributed by atoms with Gasteiger partial charge in [0, 0.05) is 17.7 Å². The second kappa shape index (κ2) is 5.70. The minimum Gasteiger partial charge on any atom is -0.272 e. The van der Waals surface area contributed by atoms with Crippen LogP contribution in [-0.4, -0.2) is 15.6 Å². The first kappa shape index (κ1) is 14.4. The number of fused-ring (bicyclic) bond motifs is 1. The van der Waals surface area contributed by atoms with Crippen LogP contribution in [0.2, 0.25) is 0 Å². The van der Waals surface area contributed by atoms with Gasteiger partial charge in [-0.1, -0.05) is 12.8 Å². The van der Waals surface area contributed by atoms with Crippen LogP contribution in [-0.2, 0) is 0 Å². The molecule has 0 aromatic heterocycles. The van der Waals surface area contributed by atoms with E-state index in [1.165, 1.54) is 31.4 Å². The van der Waals surface area contributed by atoms with Crippen LogP contribution in [0, 0.1) is 32.1 Å². The molecule has 2 fully saturated rings. The molecule has 1 aromatic rings. The quantitative estimate of drug-likeness (QED) is 0.676. The van der Waals surface area contributed by atoms with E-state index in [4.69, 9.17) is 0 Å². The number of nitrogens with zero attached hydrogens (tertiary/aromatic N) is 3. The van der Waals surface area contributed by atoms with Gasteiger partial charge in [0.2, 0.25) is 0 Å². The van der Waals surface area contributed by atoms with Crippen molar-refractivity contribution >= 4 is 22.8 Å². The molecule has 3 rings (SSSR count). The summed E-state index contributed by atoms with van der Waals surface area (Å²) in [6, 6.07) is 3.52. The van der Waals surface area contributed by atoms with Gasteiger partial charge >= 0.3 is 5.69 Å². The van der Waals surface area contributed by atoms with Crippen LogP contribution in [0.4, 0.5) is 17.1 Å². The summed E-state index contributed by atoms with van der Waals surface area (Å²) in [5.74, 6) is 1.21. The lowest BCUT2D eigenvalue weighted by Gasteiger charge is -2.41. The van der Waals surface area contributed by atoms with E-state index in [0.29, 0.717) is 11.8 Å². The van der Waals surface area contributed by atoms with Crippen molar-refractivity contribution in [3.63, 3.8) is 0 Å². The number of hydrogen-bond acceptors (Lipinski definition) is 6. The highest BCUT2D eigenvalue weighted by Gasteiger charge is 2.39. The maximum absolute atomic E-state index is 11.0. The van der Waals surface area contributed by atoms with Crippen molar-refractivity contribution in [2.75, 3.05) is 5.43 Å². The monoisotopic (exact) mass is 304 g/mol. The molecule has 2 atom stereocenters. The fourth-order valence-corrected chi connectivity index (χ4v) is 3.29.